The van der Waals surface area contributed by atoms with Crippen molar-refractivity contribution >= 4 is 11.6 Å². The summed E-state index contributed by atoms with van der Waals surface area (Å²) in [5, 5.41) is 12.9. The molecular weight excluding hydrogens is 242 g/mol. The van der Waals surface area contributed by atoms with Crippen LogP contribution < -0.4 is 16.2 Å². The van der Waals surface area contributed by atoms with Crippen LogP contribution in [0.25, 0.3) is 0 Å². The first kappa shape index (κ1) is 12.8. The summed E-state index contributed by atoms with van der Waals surface area (Å²) in [6.45, 7) is 1.11. The van der Waals surface area contributed by atoms with Crippen molar-refractivity contribution in [1.82, 2.24) is 9.78 Å². The molecule has 0 saturated heterocycles. The van der Waals surface area contributed by atoms with E-state index in [4.69, 9.17) is 21.5 Å². The fourth-order valence-corrected chi connectivity index (χ4v) is 1.70. The summed E-state index contributed by atoms with van der Waals surface area (Å²) in [4.78, 5) is 0. The van der Waals surface area contributed by atoms with Crippen LogP contribution in [0, 0.1) is 11.3 Å². The highest BCUT2D eigenvalue weighted by Gasteiger charge is 2.11. The van der Waals surface area contributed by atoms with Crippen LogP contribution in [-0.2, 0) is 6.54 Å². The molecule has 0 bridgehead atoms. The van der Waals surface area contributed by atoms with Gasteiger partial charge in [0.25, 0.3) is 0 Å². The van der Waals surface area contributed by atoms with Gasteiger partial charge in [0.15, 0.2) is 5.82 Å². The van der Waals surface area contributed by atoms with Gasteiger partial charge in [0.2, 0.25) is 0 Å². The van der Waals surface area contributed by atoms with Gasteiger partial charge in [-0.25, -0.2) is 4.68 Å². The first-order valence-electron chi connectivity index (χ1n) is 5.92. The van der Waals surface area contributed by atoms with Crippen molar-refractivity contribution in [2.75, 3.05) is 18.1 Å². The second-order valence-electron chi connectivity index (χ2n) is 4.00. The number of para-hydroxylation sites is 1. The van der Waals surface area contributed by atoms with Crippen molar-refractivity contribution < 1.29 is 4.74 Å². The van der Waals surface area contributed by atoms with Crippen LogP contribution in [0.15, 0.2) is 30.3 Å². The zero-order chi connectivity index (χ0) is 13.7. The topological polar surface area (TPSA) is 103 Å². The molecule has 0 saturated carbocycles. The van der Waals surface area contributed by atoms with E-state index in [1.54, 1.807) is 0 Å². The van der Waals surface area contributed by atoms with Crippen LogP contribution in [0.4, 0.5) is 11.6 Å². The Bertz CT molecular complexity index is 585. The number of anilines is 2. The number of nitrogens with two attached hydrogens (primary N) is 2. The van der Waals surface area contributed by atoms with Gasteiger partial charge in [-0.2, -0.15) is 10.4 Å². The second kappa shape index (κ2) is 5.78. The van der Waals surface area contributed by atoms with Crippen LogP contribution in [0.2, 0.25) is 0 Å². The van der Waals surface area contributed by atoms with E-state index in [2.05, 4.69) is 5.10 Å². The lowest BCUT2D eigenvalue weighted by Crippen LogP contribution is -2.09. The van der Waals surface area contributed by atoms with E-state index in [-0.39, 0.29) is 11.4 Å². The predicted molar refractivity (Wildman–Crippen MR) is 72.3 cm³/mol. The van der Waals surface area contributed by atoms with Gasteiger partial charge >= 0.3 is 0 Å². The minimum atomic E-state index is 0.170. The number of rotatable bonds is 5. The molecule has 6 heteroatoms. The molecule has 0 aliphatic carbocycles. The average Bonchev–Trinajstić information content (AvgIpc) is 2.70. The standard InChI is InChI=1S/C13H15N5O/c14-9-11-12(15)17-18(13(11)16)7-4-8-19-10-5-2-1-3-6-10/h1-3,5-6H,4,7-8,16H2,(H2,15,17). The predicted octanol–water partition coefficient (Wildman–Crippen LogP) is 1.39. The molecule has 1 aromatic heterocycles. The van der Waals surface area contributed by atoms with Crippen LogP contribution >= 0.6 is 0 Å². The van der Waals surface area contributed by atoms with Gasteiger partial charge < -0.3 is 16.2 Å². The highest BCUT2D eigenvalue weighted by Crippen LogP contribution is 2.17. The SMILES string of the molecule is N#Cc1c(N)nn(CCCOc2ccccc2)c1N. The van der Waals surface area contributed by atoms with Crippen molar-refractivity contribution in [1.29, 1.82) is 5.26 Å². The van der Waals surface area contributed by atoms with Crippen molar-refractivity contribution in [3.63, 3.8) is 0 Å². The van der Waals surface area contributed by atoms with Crippen molar-refractivity contribution in [3.8, 4) is 11.8 Å². The quantitative estimate of drug-likeness (QED) is 0.788. The van der Waals surface area contributed by atoms with Gasteiger partial charge in [-0.1, -0.05) is 18.2 Å². The molecule has 0 unspecified atom stereocenters. The monoisotopic (exact) mass is 257 g/mol. The van der Waals surface area contributed by atoms with Gasteiger partial charge in [-0.15, -0.1) is 0 Å². The third-order valence-corrected chi connectivity index (χ3v) is 2.66. The Morgan fingerprint density at radius 1 is 1.26 bits per heavy atom. The molecule has 0 aliphatic heterocycles. The Labute approximate surface area is 111 Å². The molecule has 2 rings (SSSR count). The molecule has 0 atom stereocenters. The highest BCUT2D eigenvalue weighted by atomic mass is 16.5. The Morgan fingerprint density at radius 2 is 2.00 bits per heavy atom. The lowest BCUT2D eigenvalue weighted by Gasteiger charge is -2.06. The molecular formula is C13H15N5O. The van der Waals surface area contributed by atoms with Crippen LogP contribution in [-0.4, -0.2) is 16.4 Å². The Balaban J connectivity index is 1.85. The van der Waals surface area contributed by atoms with Crippen molar-refractivity contribution in [3.05, 3.63) is 35.9 Å². The third-order valence-electron chi connectivity index (χ3n) is 2.66. The minimum Gasteiger partial charge on any atom is -0.494 e. The Kier molecular flexibility index (Phi) is 3.88. The van der Waals surface area contributed by atoms with E-state index in [0.717, 1.165) is 12.2 Å². The largest absolute Gasteiger partial charge is 0.494 e. The normalized spacial score (nSPS) is 10.1. The second-order valence-corrected chi connectivity index (χ2v) is 4.00. The van der Waals surface area contributed by atoms with Gasteiger partial charge in [0.1, 0.15) is 23.2 Å². The number of aryl methyl sites for hydroxylation is 1. The zero-order valence-electron chi connectivity index (χ0n) is 10.4. The molecule has 0 spiro atoms. The van der Waals surface area contributed by atoms with E-state index in [1.807, 2.05) is 36.4 Å². The number of benzene rings is 1. The molecule has 0 amide bonds. The molecule has 1 heterocycles. The maximum Gasteiger partial charge on any atom is 0.165 e. The maximum absolute atomic E-state index is 8.84. The number of nitrogen functional groups attached to an aromatic ring is 2. The summed E-state index contributed by atoms with van der Waals surface area (Å²) in [5.74, 6) is 1.30. The molecule has 4 N–H and O–H groups in total. The fraction of sp³-hybridized carbons (Fsp3) is 0.231. The smallest absolute Gasteiger partial charge is 0.165 e. The lowest BCUT2D eigenvalue weighted by atomic mass is 10.3. The number of nitriles is 1. The van der Waals surface area contributed by atoms with E-state index in [0.29, 0.717) is 19.0 Å². The molecule has 2 aromatic rings. The van der Waals surface area contributed by atoms with Crippen LogP contribution in [0.3, 0.4) is 0 Å². The van der Waals surface area contributed by atoms with Crippen LogP contribution in [0.1, 0.15) is 12.0 Å². The Morgan fingerprint density at radius 3 is 2.63 bits per heavy atom. The summed E-state index contributed by atoms with van der Waals surface area (Å²) in [7, 11) is 0. The summed E-state index contributed by atoms with van der Waals surface area (Å²) < 4.78 is 7.08. The first-order valence-corrected chi connectivity index (χ1v) is 5.92. The third kappa shape index (κ3) is 2.96. The molecule has 0 aliphatic rings. The Hall–Kier alpha value is -2.68. The van der Waals surface area contributed by atoms with Gasteiger partial charge in [0, 0.05) is 13.0 Å². The van der Waals surface area contributed by atoms with E-state index < -0.39 is 0 Å². The number of ether oxygens (including phenoxy) is 1. The average molecular weight is 257 g/mol. The maximum atomic E-state index is 8.84. The van der Waals surface area contributed by atoms with Gasteiger partial charge in [0.05, 0.1) is 6.61 Å². The molecule has 6 nitrogen and oxygen atoms in total. The summed E-state index contributed by atoms with van der Waals surface area (Å²) >= 11 is 0. The molecule has 98 valence electrons. The van der Waals surface area contributed by atoms with Crippen molar-refractivity contribution in [2.45, 2.75) is 13.0 Å². The summed E-state index contributed by atoms with van der Waals surface area (Å²) in [6.07, 6.45) is 0.727. The highest BCUT2D eigenvalue weighted by molar-refractivity contribution is 5.61. The van der Waals surface area contributed by atoms with Crippen molar-refractivity contribution in [2.24, 2.45) is 0 Å². The number of hydrogen-bond acceptors (Lipinski definition) is 5. The molecule has 19 heavy (non-hydrogen) atoms. The molecule has 1 aromatic carbocycles. The number of hydrogen-bond donors (Lipinski definition) is 2. The minimum absolute atomic E-state index is 0.170. The number of nitrogens with zero attached hydrogens (tertiary/aromatic N) is 3. The summed E-state index contributed by atoms with van der Waals surface area (Å²) in [5.41, 5.74) is 11.6. The number of aromatic nitrogens is 2. The first-order chi connectivity index (χ1) is 9.22. The van der Waals surface area contributed by atoms with Gasteiger partial charge in [-0.3, -0.25) is 0 Å². The fourth-order valence-electron chi connectivity index (χ4n) is 1.70. The van der Waals surface area contributed by atoms with E-state index in [1.165, 1.54) is 4.68 Å². The summed E-state index contributed by atoms with van der Waals surface area (Å²) in [6, 6.07) is 11.5. The molecule has 0 radical (unpaired) electrons. The molecule has 0 fully saturated rings. The lowest BCUT2D eigenvalue weighted by molar-refractivity contribution is 0.299. The van der Waals surface area contributed by atoms with Gasteiger partial charge in [-0.05, 0) is 12.1 Å². The van der Waals surface area contributed by atoms with E-state index in [9.17, 15) is 0 Å². The zero-order valence-corrected chi connectivity index (χ0v) is 10.4. The van der Waals surface area contributed by atoms with E-state index >= 15 is 0 Å². The van der Waals surface area contributed by atoms with Crippen LogP contribution in [0.5, 0.6) is 5.75 Å².